The van der Waals surface area contributed by atoms with Crippen LogP contribution >= 0.6 is 0 Å². The number of rotatable bonds is 8. The molecule has 0 spiro atoms. The topological polar surface area (TPSA) is 74.8 Å². The molecule has 4 rings (SSSR count). The van der Waals surface area contributed by atoms with E-state index in [1.165, 1.54) is 0 Å². The number of carbonyl (C=O) groups excluding carboxylic acids is 2. The molecule has 3 aromatic rings. The second kappa shape index (κ2) is 11.7. The van der Waals surface area contributed by atoms with Crippen LogP contribution in [0.4, 0.5) is 5.69 Å². The first-order valence-electron chi connectivity index (χ1n) is 12.6. The summed E-state index contributed by atoms with van der Waals surface area (Å²) in [6.45, 7) is 10.1. The maximum absolute atomic E-state index is 13.2. The second-order valence-corrected chi connectivity index (χ2v) is 8.95. The van der Waals surface area contributed by atoms with Crippen molar-refractivity contribution in [3.05, 3.63) is 77.6 Å². The summed E-state index contributed by atoms with van der Waals surface area (Å²) < 4.78 is 5.58. The molecule has 2 heterocycles. The number of carbonyl (C=O) groups is 2. The van der Waals surface area contributed by atoms with Crippen LogP contribution in [0.2, 0.25) is 0 Å². The van der Waals surface area contributed by atoms with Gasteiger partial charge in [0.15, 0.2) is 0 Å². The van der Waals surface area contributed by atoms with Gasteiger partial charge in [-0.15, -0.1) is 0 Å². The number of nitrogens with zero attached hydrogens (tertiary/aromatic N) is 3. The van der Waals surface area contributed by atoms with Crippen LogP contribution in [0.15, 0.2) is 60.9 Å². The number of aromatic nitrogens is 1. The number of ether oxygens (including phenoxy) is 1. The monoisotopic (exact) mass is 486 g/mol. The Bertz CT molecular complexity index is 1200. The van der Waals surface area contributed by atoms with Gasteiger partial charge in [-0.3, -0.25) is 14.6 Å². The van der Waals surface area contributed by atoms with Crippen molar-refractivity contribution < 1.29 is 14.3 Å². The number of aryl methyl sites for hydroxylation is 1. The molecule has 188 valence electrons. The van der Waals surface area contributed by atoms with E-state index in [-0.39, 0.29) is 11.8 Å². The first-order chi connectivity index (χ1) is 17.5. The summed E-state index contributed by atoms with van der Waals surface area (Å²) >= 11 is 0. The smallest absolute Gasteiger partial charge is 0.253 e. The van der Waals surface area contributed by atoms with E-state index in [9.17, 15) is 9.59 Å². The van der Waals surface area contributed by atoms with Crippen molar-refractivity contribution in [3.8, 4) is 16.9 Å². The van der Waals surface area contributed by atoms with Crippen molar-refractivity contribution in [1.29, 1.82) is 0 Å². The van der Waals surface area contributed by atoms with Crippen molar-refractivity contribution in [3.63, 3.8) is 0 Å². The zero-order valence-electron chi connectivity index (χ0n) is 21.3. The molecule has 0 radical (unpaired) electrons. The zero-order valence-corrected chi connectivity index (χ0v) is 21.3. The molecule has 36 heavy (non-hydrogen) atoms. The first kappa shape index (κ1) is 25.2. The Morgan fingerprint density at radius 1 is 0.944 bits per heavy atom. The van der Waals surface area contributed by atoms with Gasteiger partial charge in [-0.25, -0.2) is 0 Å². The third-order valence-corrected chi connectivity index (χ3v) is 6.41. The van der Waals surface area contributed by atoms with Gasteiger partial charge in [-0.2, -0.15) is 0 Å². The Morgan fingerprint density at radius 3 is 2.33 bits per heavy atom. The fourth-order valence-electron chi connectivity index (χ4n) is 4.45. The fraction of sp³-hybridized carbons (Fsp3) is 0.345. The minimum atomic E-state index is -0.0432. The average molecular weight is 487 g/mol. The molecule has 0 atom stereocenters. The van der Waals surface area contributed by atoms with E-state index in [0.29, 0.717) is 37.4 Å². The number of hydrogen-bond acceptors (Lipinski definition) is 5. The Morgan fingerprint density at radius 2 is 1.67 bits per heavy atom. The predicted molar refractivity (Wildman–Crippen MR) is 143 cm³/mol. The molecular formula is C29H34N4O3. The van der Waals surface area contributed by atoms with Crippen LogP contribution in [0.25, 0.3) is 11.1 Å². The van der Waals surface area contributed by atoms with Crippen molar-refractivity contribution in [2.24, 2.45) is 0 Å². The fourth-order valence-corrected chi connectivity index (χ4v) is 4.45. The standard InChI is InChI=1S/C29H34N4O3/c1-4-12-31-28(34)22-6-9-25(10-7-22)32-13-15-33(16-14-32)29(35)23-8-11-27(21(3)17-23)24-18-26(36-5-2)20-30-19-24/h6-11,17-20H,4-5,12-16H2,1-3H3,(H,31,34). The summed E-state index contributed by atoms with van der Waals surface area (Å²) in [5, 5.41) is 2.90. The van der Waals surface area contributed by atoms with E-state index in [1.54, 1.807) is 6.20 Å². The summed E-state index contributed by atoms with van der Waals surface area (Å²) in [4.78, 5) is 33.8. The van der Waals surface area contributed by atoms with Crippen LogP contribution in [0.5, 0.6) is 5.75 Å². The van der Waals surface area contributed by atoms with Gasteiger partial charge in [0, 0.05) is 61.3 Å². The second-order valence-electron chi connectivity index (χ2n) is 8.95. The summed E-state index contributed by atoms with van der Waals surface area (Å²) in [6.07, 6.45) is 4.44. The van der Waals surface area contributed by atoms with Gasteiger partial charge in [0.1, 0.15) is 5.75 Å². The van der Waals surface area contributed by atoms with Crippen LogP contribution in [0, 0.1) is 6.92 Å². The molecule has 1 aromatic heterocycles. The highest BCUT2D eigenvalue weighted by Crippen LogP contribution is 2.27. The lowest BCUT2D eigenvalue weighted by atomic mass is 9.99. The molecule has 0 bridgehead atoms. The number of anilines is 1. The molecule has 1 N–H and O–H groups in total. The third kappa shape index (κ3) is 5.85. The number of pyridine rings is 1. The zero-order chi connectivity index (χ0) is 25.5. The lowest BCUT2D eigenvalue weighted by Crippen LogP contribution is -2.48. The van der Waals surface area contributed by atoms with Crippen LogP contribution < -0.4 is 15.0 Å². The van der Waals surface area contributed by atoms with E-state index < -0.39 is 0 Å². The van der Waals surface area contributed by atoms with Gasteiger partial charge in [-0.1, -0.05) is 13.0 Å². The molecule has 1 aliphatic heterocycles. The Kier molecular flexibility index (Phi) is 8.21. The highest BCUT2D eigenvalue weighted by molar-refractivity contribution is 5.95. The number of hydrogen-bond donors (Lipinski definition) is 1. The summed E-state index contributed by atoms with van der Waals surface area (Å²) in [7, 11) is 0. The van der Waals surface area contributed by atoms with E-state index in [1.807, 2.05) is 80.4 Å². The SMILES string of the molecule is CCCNC(=O)c1ccc(N2CCN(C(=O)c3ccc(-c4cncc(OCC)c4)c(C)c3)CC2)cc1. The van der Waals surface area contributed by atoms with Crippen LogP contribution in [0.1, 0.15) is 46.5 Å². The molecule has 0 aliphatic carbocycles. The van der Waals surface area contributed by atoms with E-state index in [2.05, 4.69) is 15.2 Å². The van der Waals surface area contributed by atoms with E-state index in [0.717, 1.165) is 47.6 Å². The minimum Gasteiger partial charge on any atom is -0.492 e. The van der Waals surface area contributed by atoms with Crippen LogP contribution in [-0.2, 0) is 0 Å². The quantitative estimate of drug-likeness (QED) is 0.505. The van der Waals surface area contributed by atoms with Gasteiger partial charge < -0.3 is 19.9 Å². The third-order valence-electron chi connectivity index (χ3n) is 6.41. The molecule has 0 saturated carbocycles. The molecule has 1 saturated heterocycles. The van der Waals surface area contributed by atoms with Crippen LogP contribution in [0.3, 0.4) is 0 Å². The Hall–Kier alpha value is -3.87. The normalized spacial score (nSPS) is 13.4. The summed E-state index contributed by atoms with van der Waals surface area (Å²) in [6, 6.07) is 15.5. The Balaban J connectivity index is 1.37. The van der Waals surface area contributed by atoms with E-state index >= 15 is 0 Å². The van der Waals surface area contributed by atoms with Gasteiger partial charge in [-0.05, 0) is 73.9 Å². The van der Waals surface area contributed by atoms with Gasteiger partial charge in [0.2, 0.25) is 0 Å². The molecule has 2 aromatic carbocycles. The number of piperazine rings is 1. The van der Waals surface area contributed by atoms with Crippen LogP contribution in [-0.4, -0.2) is 61.0 Å². The van der Waals surface area contributed by atoms with Crippen molar-refractivity contribution >= 4 is 17.5 Å². The van der Waals surface area contributed by atoms with E-state index in [4.69, 9.17) is 4.74 Å². The summed E-state index contributed by atoms with van der Waals surface area (Å²) in [5.74, 6) is 0.744. The lowest BCUT2D eigenvalue weighted by Gasteiger charge is -2.36. The molecule has 7 nitrogen and oxygen atoms in total. The van der Waals surface area contributed by atoms with Gasteiger partial charge >= 0.3 is 0 Å². The average Bonchev–Trinajstić information content (AvgIpc) is 2.92. The molecule has 0 unspecified atom stereocenters. The molecular weight excluding hydrogens is 452 g/mol. The highest BCUT2D eigenvalue weighted by Gasteiger charge is 2.23. The minimum absolute atomic E-state index is 0.0432. The van der Waals surface area contributed by atoms with Crippen molar-refractivity contribution in [1.82, 2.24) is 15.2 Å². The maximum atomic E-state index is 13.2. The summed E-state index contributed by atoms with van der Waals surface area (Å²) in [5.41, 5.74) is 5.47. The highest BCUT2D eigenvalue weighted by atomic mass is 16.5. The van der Waals surface area contributed by atoms with Crippen molar-refractivity contribution in [2.45, 2.75) is 27.2 Å². The predicted octanol–water partition coefficient (Wildman–Crippen LogP) is 4.56. The molecule has 7 heteroatoms. The molecule has 1 fully saturated rings. The van der Waals surface area contributed by atoms with Crippen molar-refractivity contribution in [2.75, 3.05) is 44.2 Å². The number of nitrogens with one attached hydrogen (secondary N) is 1. The molecule has 1 aliphatic rings. The lowest BCUT2D eigenvalue weighted by molar-refractivity contribution is 0.0746. The number of benzene rings is 2. The molecule has 2 amide bonds. The Labute approximate surface area is 213 Å². The number of amides is 2. The van der Waals surface area contributed by atoms with Gasteiger partial charge in [0.05, 0.1) is 12.8 Å². The van der Waals surface area contributed by atoms with Gasteiger partial charge in [0.25, 0.3) is 11.8 Å². The maximum Gasteiger partial charge on any atom is 0.253 e. The first-order valence-corrected chi connectivity index (χ1v) is 12.6. The largest absolute Gasteiger partial charge is 0.492 e.